The Kier molecular flexibility index (Phi) is 7.57. The first-order valence-corrected chi connectivity index (χ1v) is 7.59. The van der Waals surface area contributed by atoms with Crippen molar-refractivity contribution in [1.29, 1.82) is 0 Å². The Labute approximate surface area is 118 Å². The van der Waals surface area contributed by atoms with Crippen LogP contribution in [-0.4, -0.2) is 13.2 Å². The van der Waals surface area contributed by atoms with Gasteiger partial charge in [0.15, 0.2) is 0 Å². The summed E-state index contributed by atoms with van der Waals surface area (Å²) in [5, 5.41) is 3.58. The monoisotopic (exact) mass is 263 g/mol. The molecule has 1 aromatic rings. The number of rotatable bonds is 9. The van der Waals surface area contributed by atoms with Crippen molar-refractivity contribution in [3.05, 3.63) is 29.8 Å². The highest BCUT2D eigenvalue weighted by Crippen LogP contribution is 2.18. The van der Waals surface area contributed by atoms with E-state index in [0.29, 0.717) is 6.04 Å². The summed E-state index contributed by atoms with van der Waals surface area (Å²) in [6.45, 7) is 10.8. The molecule has 1 rings (SSSR count). The van der Waals surface area contributed by atoms with Crippen molar-refractivity contribution in [2.45, 2.75) is 53.0 Å². The van der Waals surface area contributed by atoms with Gasteiger partial charge in [0.1, 0.15) is 5.75 Å². The Morgan fingerprint density at radius 1 is 1.11 bits per heavy atom. The van der Waals surface area contributed by atoms with E-state index in [2.05, 4.69) is 57.3 Å². The van der Waals surface area contributed by atoms with Crippen LogP contribution in [-0.2, 0) is 0 Å². The number of nitrogens with one attached hydrogen (secondary N) is 1. The molecule has 1 N–H and O–H groups in total. The van der Waals surface area contributed by atoms with Gasteiger partial charge in [-0.05, 0) is 56.3 Å². The van der Waals surface area contributed by atoms with Gasteiger partial charge in [0, 0.05) is 6.04 Å². The fourth-order valence-corrected chi connectivity index (χ4v) is 2.02. The summed E-state index contributed by atoms with van der Waals surface area (Å²) in [5.74, 6) is 1.77. The lowest BCUT2D eigenvalue weighted by Gasteiger charge is -2.15. The molecule has 0 spiro atoms. The van der Waals surface area contributed by atoms with E-state index in [0.717, 1.165) is 31.2 Å². The summed E-state index contributed by atoms with van der Waals surface area (Å²) < 4.78 is 5.59. The van der Waals surface area contributed by atoms with Gasteiger partial charge in [0.25, 0.3) is 0 Å². The van der Waals surface area contributed by atoms with Crippen LogP contribution in [0.3, 0.4) is 0 Å². The van der Waals surface area contributed by atoms with Crippen LogP contribution in [0.1, 0.15) is 58.6 Å². The van der Waals surface area contributed by atoms with Crippen molar-refractivity contribution in [3.63, 3.8) is 0 Å². The van der Waals surface area contributed by atoms with E-state index < -0.39 is 0 Å². The average molecular weight is 263 g/mol. The van der Waals surface area contributed by atoms with Crippen molar-refractivity contribution in [2.24, 2.45) is 5.92 Å². The van der Waals surface area contributed by atoms with E-state index in [1.807, 2.05) is 0 Å². The van der Waals surface area contributed by atoms with Gasteiger partial charge in [-0.15, -0.1) is 0 Å². The van der Waals surface area contributed by atoms with Crippen molar-refractivity contribution in [1.82, 2.24) is 5.32 Å². The minimum atomic E-state index is 0.410. The molecule has 1 aromatic carbocycles. The highest BCUT2D eigenvalue weighted by molar-refractivity contribution is 5.28. The molecule has 0 fully saturated rings. The highest BCUT2D eigenvalue weighted by Gasteiger charge is 2.04. The van der Waals surface area contributed by atoms with Gasteiger partial charge in [-0.25, -0.2) is 0 Å². The molecule has 0 radical (unpaired) electrons. The van der Waals surface area contributed by atoms with Gasteiger partial charge in [0.2, 0.25) is 0 Å². The molecule has 0 heterocycles. The van der Waals surface area contributed by atoms with E-state index in [-0.39, 0.29) is 0 Å². The van der Waals surface area contributed by atoms with Gasteiger partial charge in [0.05, 0.1) is 6.61 Å². The van der Waals surface area contributed by atoms with Crippen LogP contribution < -0.4 is 10.1 Å². The molecule has 0 saturated carbocycles. The first-order valence-electron chi connectivity index (χ1n) is 7.59. The Morgan fingerprint density at radius 3 is 2.37 bits per heavy atom. The molecule has 19 heavy (non-hydrogen) atoms. The van der Waals surface area contributed by atoms with Gasteiger partial charge < -0.3 is 10.1 Å². The van der Waals surface area contributed by atoms with Crippen LogP contribution >= 0.6 is 0 Å². The van der Waals surface area contributed by atoms with Gasteiger partial charge in [-0.1, -0.05) is 32.9 Å². The topological polar surface area (TPSA) is 21.3 Å². The Morgan fingerprint density at radius 2 is 1.79 bits per heavy atom. The summed E-state index contributed by atoms with van der Waals surface area (Å²) >= 11 is 0. The Hall–Kier alpha value is -1.02. The minimum absolute atomic E-state index is 0.410. The van der Waals surface area contributed by atoms with E-state index in [1.54, 1.807) is 0 Å². The maximum Gasteiger partial charge on any atom is 0.119 e. The smallest absolute Gasteiger partial charge is 0.119 e. The molecule has 0 aliphatic carbocycles. The van der Waals surface area contributed by atoms with E-state index in [4.69, 9.17) is 4.74 Å². The van der Waals surface area contributed by atoms with Gasteiger partial charge in [-0.3, -0.25) is 0 Å². The lowest BCUT2D eigenvalue weighted by Crippen LogP contribution is -2.20. The van der Waals surface area contributed by atoms with Crippen molar-refractivity contribution < 1.29 is 4.74 Å². The van der Waals surface area contributed by atoms with Crippen LogP contribution in [0.15, 0.2) is 24.3 Å². The molecule has 2 heteroatoms. The molecule has 0 saturated heterocycles. The Bertz CT molecular complexity index is 332. The summed E-state index contributed by atoms with van der Waals surface area (Å²) in [6, 6.07) is 8.86. The summed E-state index contributed by atoms with van der Waals surface area (Å²) in [4.78, 5) is 0. The summed E-state index contributed by atoms with van der Waals surface area (Å²) in [6.07, 6.45) is 3.60. The zero-order chi connectivity index (χ0) is 14.1. The van der Waals surface area contributed by atoms with E-state index in [9.17, 15) is 0 Å². The fraction of sp³-hybridized carbons (Fsp3) is 0.647. The summed E-state index contributed by atoms with van der Waals surface area (Å²) in [7, 11) is 0. The normalized spacial score (nSPS) is 12.7. The third-order valence-corrected chi connectivity index (χ3v) is 3.26. The molecule has 1 unspecified atom stereocenters. The molecule has 0 bridgehead atoms. The maximum absolute atomic E-state index is 5.59. The molecule has 2 nitrogen and oxygen atoms in total. The van der Waals surface area contributed by atoms with Gasteiger partial charge >= 0.3 is 0 Å². The number of ether oxygens (including phenoxy) is 1. The zero-order valence-electron chi connectivity index (χ0n) is 12.9. The fourth-order valence-electron chi connectivity index (χ4n) is 2.02. The molecular formula is C17H29NO. The SMILES string of the molecule is CCCOc1ccc(C(C)NCCCC(C)C)cc1. The maximum atomic E-state index is 5.59. The minimum Gasteiger partial charge on any atom is -0.494 e. The third-order valence-electron chi connectivity index (χ3n) is 3.26. The van der Waals surface area contributed by atoms with Gasteiger partial charge in [-0.2, -0.15) is 0 Å². The first kappa shape index (κ1) is 16.0. The van der Waals surface area contributed by atoms with E-state index in [1.165, 1.54) is 18.4 Å². The summed E-state index contributed by atoms with van der Waals surface area (Å²) in [5.41, 5.74) is 1.33. The molecule has 0 aliphatic heterocycles. The second-order valence-corrected chi connectivity index (χ2v) is 5.63. The lowest BCUT2D eigenvalue weighted by molar-refractivity contribution is 0.317. The van der Waals surface area contributed by atoms with Crippen LogP contribution in [0, 0.1) is 5.92 Å². The van der Waals surface area contributed by atoms with Crippen LogP contribution in [0.25, 0.3) is 0 Å². The lowest BCUT2D eigenvalue weighted by atomic mass is 10.1. The van der Waals surface area contributed by atoms with E-state index >= 15 is 0 Å². The number of hydrogen-bond donors (Lipinski definition) is 1. The molecule has 0 aliphatic rings. The third kappa shape index (κ3) is 6.63. The van der Waals surface area contributed by atoms with Crippen molar-refractivity contribution in [3.8, 4) is 5.75 Å². The predicted octanol–water partition coefficient (Wildman–Crippen LogP) is 4.56. The van der Waals surface area contributed by atoms with Crippen LogP contribution in [0.4, 0.5) is 0 Å². The predicted molar refractivity (Wildman–Crippen MR) is 82.7 cm³/mol. The molecule has 1 atom stereocenters. The number of hydrogen-bond acceptors (Lipinski definition) is 2. The largest absolute Gasteiger partial charge is 0.494 e. The molecule has 0 amide bonds. The molecule has 108 valence electrons. The second kappa shape index (κ2) is 8.98. The van der Waals surface area contributed by atoms with Crippen molar-refractivity contribution >= 4 is 0 Å². The van der Waals surface area contributed by atoms with Crippen LogP contribution in [0.2, 0.25) is 0 Å². The van der Waals surface area contributed by atoms with Crippen LogP contribution in [0.5, 0.6) is 5.75 Å². The second-order valence-electron chi connectivity index (χ2n) is 5.63. The zero-order valence-corrected chi connectivity index (χ0v) is 12.9. The molecular weight excluding hydrogens is 234 g/mol. The first-order chi connectivity index (χ1) is 9.13. The standard InChI is InChI=1S/C17H29NO/c1-5-13-19-17-10-8-16(9-11-17)15(4)18-12-6-7-14(2)3/h8-11,14-15,18H,5-7,12-13H2,1-4H3. The highest BCUT2D eigenvalue weighted by atomic mass is 16.5. The van der Waals surface area contributed by atoms with Crippen molar-refractivity contribution in [2.75, 3.05) is 13.2 Å². The average Bonchev–Trinajstić information content (AvgIpc) is 2.41. The Balaban J connectivity index is 2.33. The molecule has 0 aromatic heterocycles. The number of benzene rings is 1. The quantitative estimate of drug-likeness (QED) is 0.659.